The number of esters is 2. The van der Waals surface area contributed by atoms with Gasteiger partial charge in [0.05, 0.1) is 13.2 Å². The number of aromatic nitrogens is 1. The number of carbonyl (C=O) groups is 3. The molecular weight excluding hydrogens is 274 g/mol. The van der Waals surface area contributed by atoms with Gasteiger partial charge in [-0.05, 0) is 40.2 Å². The predicted molar refractivity (Wildman–Crippen MR) is 76.5 cm³/mol. The molecule has 1 aromatic rings. The lowest BCUT2D eigenvalue weighted by molar-refractivity contribution is -0.143. The molecule has 0 N–H and O–H groups in total. The lowest BCUT2D eigenvalue weighted by Crippen LogP contribution is -2.20. The SMILES string of the molecule is CCOC(=O)Cn1c(C)c(C(C)=O)c(C)c1C(=O)OCC. The zero-order valence-electron chi connectivity index (χ0n) is 13.1. The molecule has 1 aromatic heterocycles. The zero-order valence-corrected chi connectivity index (χ0v) is 13.1. The van der Waals surface area contributed by atoms with Gasteiger partial charge in [0.15, 0.2) is 5.78 Å². The standard InChI is InChI=1S/C15H21NO5/c1-6-20-12(18)8-16-10(4)13(11(5)17)9(3)14(16)15(19)21-7-2/h6-8H2,1-5H3. The lowest BCUT2D eigenvalue weighted by Gasteiger charge is -2.10. The summed E-state index contributed by atoms with van der Waals surface area (Å²) in [5, 5.41) is 0. The molecule has 0 aliphatic carbocycles. The van der Waals surface area contributed by atoms with Gasteiger partial charge in [0.1, 0.15) is 12.2 Å². The summed E-state index contributed by atoms with van der Waals surface area (Å²) in [7, 11) is 0. The Labute approximate surface area is 124 Å². The molecule has 21 heavy (non-hydrogen) atoms. The molecule has 0 bridgehead atoms. The topological polar surface area (TPSA) is 74.6 Å². The molecule has 0 saturated carbocycles. The highest BCUT2D eigenvalue weighted by Crippen LogP contribution is 2.23. The first-order valence-electron chi connectivity index (χ1n) is 6.88. The van der Waals surface area contributed by atoms with Crippen molar-refractivity contribution in [3.8, 4) is 0 Å². The number of carbonyl (C=O) groups excluding carboxylic acids is 3. The van der Waals surface area contributed by atoms with Gasteiger partial charge in [-0.15, -0.1) is 0 Å². The van der Waals surface area contributed by atoms with Crippen molar-refractivity contribution >= 4 is 17.7 Å². The second-order valence-electron chi connectivity index (χ2n) is 4.60. The van der Waals surface area contributed by atoms with Crippen LogP contribution in [0, 0.1) is 13.8 Å². The Balaban J connectivity index is 3.37. The van der Waals surface area contributed by atoms with E-state index in [2.05, 4.69) is 0 Å². The molecule has 1 heterocycles. The fraction of sp³-hybridized carbons (Fsp3) is 0.533. The Morgan fingerprint density at radius 1 is 1.05 bits per heavy atom. The Bertz CT molecular complexity index is 571. The van der Waals surface area contributed by atoms with E-state index in [1.807, 2.05) is 0 Å². The van der Waals surface area contributed by atoms with Crippen LogP contribution in [0.25, 0.3) is 0 Å². The van der Waals surface area contributed by atoms with E-state index in [4.69, 9.17) is 9.47 Å². The number of nitrogens with zero attached hydrogens (tertiary/aromatic N) is 1. The fourth-order valence-electron chi connectivity index (χ4n) is 2.41. The van der Waals surface area contributed by atoms with Crippen molar-refractivity contribution < 1.29 is 23.9 Å². The summed E-state index contributed by atoms with van der Waals surface area (Å²) in [6.07, 6.45) is 0. The Morgan fingerprint density at radius 2 is 1.62 bits per heavy atom. The van der Waals surface area contributed by atoms with Gasteiger partial charge in [-0.25, -0.2) is 4.79 Å². The summed E-state index contributed by atoms with van der Waals surface area (Å²) in [6, 6.07) is 0. The summed E-state index contributed by atoms with van der Waals surface area (Å²) in [5.74, 6) is -1.16. The molecule has 116 valence electrons. The molecular formula is C15H21NO5. The Hall–Kier alpha value is -2.11. The highest BCUT2D eigenvalue weighted by Gasteiger charge is 2.26. The van der Waals surface area contributed by atoms with E-state index in [9.17, 15) is 14.4 Å². The minimum absolute atomic E-state index is 0.123. The second-order valence-corrected chi connectivity index (χ2v) is 4.60. The van der Waals surface area contributed by atoms with Crippen molar-refractivity contribution in [2.24, 2.45) is 0 Å². The highest BCUT2D eigenvalue weighted by molar-refractivity contribution is 6.01. The normalized spacial score (nSPS) is 10.3. The van der Waals surface area contributed by atoms with Crippen LogP contribution < -0.4 is 0 Å². The van der Waals surface area contributed by atoms with Gasteiger partial charge in [-0.1, -0.05) is 0 Å². The van der Waals surface area contributed by atoms with E-state index in [-0.39, 0.29) is 31.2 Å². The number of rotatable bonds is 6. The monoisotopic (exact) mass is 295 g/mol. The third-order valence-corrected chi connectivity index (χ3v) is 3.18. The van der Waals surface area contributed by atoms with Gasteiger partial charge in [0.2, 0.25) is 0 Å². The molecule has 6 heteroatoms. The zero-order chi connectivity index (χ0) is 16.2. The number of hydrogen-bond donors (Lipinski definition) is 0. The fourth-order valence-corrected chi connectivity index (χ4v) is 2.41. The highest BCUT2D eigenvalue weighted by atomic mass is 16.5. The maximum absolute atomic E-state index is 12.1. The van der Waals surface area contributed by atoms with Gasteiger partial charge >= 0.3 is 11.9 Å². The minimum Gasteiger partial charge on any atom is -0.465 e. The van der Waals surface area contributed by atoms with Crippen molar-refractivity contribution in [2.45, 2.75) is 41.2 Å². The molecule has 0 spiro atoms. The smallest absolute Gasteiger partial charge is 0.355 e. The molecule has 0 fully saturated rings. The third kappa shape index (κ3) is 3.51. The summed E-state index contributed by atoms with van der Waals surface area (Å²) < 4.78 is 11.4. The molecule has 0 aliphatic heterocycles. The van der Waals surface area contributed by atoms with E-state index >= 15 is 0 Å². The van der Waals surface area contributed by atoms with Gasteiger partial charge < -0.3 is 14.0 Å². The van der Waals surface area contributed by atoms with E-state index in [1.54, 1.807) is 27.7 Å². The maximum atomic E-state index is 12.1. The van der Waals surface area contributed by atoms with Crippen LogP contribution in [0.3, 0.4) is 0 Å². The first-order chi connectivity index (χ1) is 9.84. The number of hydrogen-bond acceptors (Lipinski definition) is 5. The van der Waals surface area contributed by atoms with Crippen LogP contribution in [0.5, 0.6) is 0 Å². The van der Waals surface area contributed by atoms with Crippen LogP contribution in [-0.2, 0) is 20.8 Å². The number of Topliss-reactive ketones (excluding diaryl/α,β-unsaturated/α-hetero) is 1. The van der Waals surface area contributed by atoms with Crippen LogP contribution in [-0.4, -0.2) is 35.5 Å². The van der Waals surface area contributed by atoms with E-state index < -0.39 is 11.9 Å². The van der Waals surface area contributed by atoms with Crippen LogP contribution in [0.2, 0.25) is 0 Å². The van der Waals surface area contributed by atoms with Crippen molar-refractivity contribution in [2.75, 3.05) is 13.2 Å². The van der Waals surface area contributed by atoms with Crippen molar-refractivity contribution in [1.29, 1.82) is 0 Å². The average Bonchev–Trinajstić information content (AvgIpc) is 2.61. The first-order valence-corrected chi connectivity index (χ1v) is 6.88. The Morgan fingerprint density at radius 3 is 2.10 bits per heavy atom. The quantitative estimate of drug-likeness (QED) is 0.593. The third-order valence-electron chi connectivity index (χ3n) is 3.18. The minimum atomic E-state index is -0.546. The van der Waals surface area contributed by atoms with E-state index in [1.165, 1.54) is 11.5 Å². The van der Waals surface area contributed by atoms with Crippen LogP contribution in [0.15, 0.2) is 0 Å². The average molecular weight is 295 g/mol. The van der Waals surface area contributed by atoms with E-state index in [0.717, 1.165) is 0 Å². The Kier molecular flexibility index (Phi) is 5.69. The largest absolute Gasteiger partial charge is 0.465 e. The summed E-state index contributed by atoms with van der Waals surface area (Å²) in [4.78, 5) is 35.6. The van der Waals surface area contributed by atoms with Crippen molar-refractivity contribution in [3.05, 3.63) is 22.5 Å². The first kappa shape index (κ1) is 16.9. The predicted octanol–water partition coefficient (Wildman–Crippen LogP) is 2.05. The van der Waals surface area contributed by atoms with E-state index in [0.29, 0.717) is 16.8 Å². The molecule has 0 aromatic carbocycles. The molecule has 0 aliphatic rings. The maximum Gasteiger partial charge on any atom is 0.355 e. The van der Waals surface area contributed by atoms with Crippen LogP contribution in [0.4, 0.5) is 0 Å². The molecule has 0 radical (unpaired) electrons. The summed E-state index contributed by atoms with van der Waals surface area (Å²) in [6.45, 7) is 8.57. The number of ketones is 1. The lowest BCUT2D eigenvalue weighted by atomic mass is 10.1. The summed E-state index contributed by atoms with van der Waals surface area (Å²) >= 11 is 0. The summed E-state index contributed by atoms with van der Waals surface area (Å²) in [5.41, 5.74) is 1.77. The second kappa shape index (κ2) is 7.06. The molecule has 0 saturated heterocycles. The van der Waals surface area contributed by atoms with Gasteiger partial charge in [-0.3, -0.25) is 9.59 Å². The number of ether oxygens (including phenoxy) is 2. The molecule has 1 rings (SSSR count). The molecule has 0 unspecified atom stereocenters. The molecule has 0 atom stereocenters. The van der Waals surface area contributed by atoms with Crippen LogP contribution >= 0.6 is 0 Å². The molecule has 0 amide bonds. The van der Waals surface area contributed by atoms with Crippen molar-refractivity contribution in [3.63, 3.8) is 0 Å². The van der Waals surface area contributed by atoms with Crippen LogP contribution in [0.1, 0.15) is 52.9 Å². The van der Waals surface area contributed by atoms with Gasteiger partial charge in [-0.2, -0.15) is 0 Å². The van der Waals surface area contributed by atoms with Crippen molar-refractivity contribution in [1.82, 2.24) is 4.57 Å². The van der Waals surface area contributed by atoms with Gasteiger partial charge in [0, 0.05) is 11.3 Å². The molecule has 6 nitrogen and oxygen atoms in total. The van der Waals surface area contributed by atoms with Gasteiger partial charge in [0.25, 0.3) is 0 Å².